The maximum Gasteiger partial charge on any atom is 0.290 e. The van der Waals surface area contributed by atoms with Gasteiger partial charge in [-0.1, -0.05) is 24.3 Å². The molecule has 2 aromatic rings. The highest BCUT2D eigenvalue weighted by Crippen LogP contribution is 2.32. The van der Waals surface area contributed by atoms with Gasteiger partial charge < -0.3 is 15.3 Å². The molecule has 0 radical (unpaired) electrons. The number of piperidine rings is 3. The second kappa shape index (κ2) is 9.01. The highest BCUT2D eigenvalue weighted by molar-refractivity contribution is 5.64. The maximum absolute atomic E-state index is 14.8. The molecule has 3 heterocycles. The zero-order valence-corrected chi connectivity index (χ0v) is 16.9. The van der Waals surface area contributed by atoms with Crippen molar-refractivity contribution in [3.05, 3.63) is 59.7 Å². The Bertz CT molecular complexity index is 831. The van der Waals surface area contributed by atoms with Crippen molar-refractivity contribution in [3.8, 4) is 11.1 Å². The van der Waals surface area contributed by atoms with Crippen LogP contribution < -0.4 is 5.32 Å². The quantitative estimate of drug-likeness (QED) is 0.751. The monoisotopic (exact) mass is 402 g/mol. The van der Waals surface area contributed by atoms with Gasteiger partial charge in [-0.2, -0.15) is 0 Å². The number of carboxylic acid groups (broad SMARTS) is 1. The van der Waals surface area contributed by atoms with E-state index in [1.54, 1.807) is 24.3 Å². The number of halogens is 2. The average molecular weight is 402 g/mol. The van der Waals surface area contributed by atoms with E-state index in [0.717, 1.165) is 18.0 Å². The first-order chi connectivity index (χ1) is 13.8. The van der Waals surface area contributed by atoms with Crippen LogP contribution in [0.1, 0.15) is 32.3 Å². The molecule has 3 aliphatic rings. The number of carbonyl (C=O) groups is 1. The normalized spacial score (nSPS) is 23.2. The van der Waals surface area contributed by atoms with Crippen LogP contribution in [0.25, 0.3) is 11.1 Å². The fraction of sp³-hybridized carbons (Fsp3) is 0.435. The Morgan fingerprint density at radius 1 is 1.10 bits per heavy atom. The topological polar surface area (TPSA) is 52.6 Å². The Labute approximate surface area is 170 Å². The molecule has 2 aromatic carbocycles. The third kappa shape index (κ3) is 5.00. The summed E-state index contributed by atoms with van der Waals surface area (Å²) in [5.41, 5.74) is 1.84. The second-order valence-electron chi connectivity index (χ2n) is 8.32. The van der Waals surface area contributed by atoms with Crippen molar-refractivity contribution in [2.45, 2.75) is 38.3 Å². The smallest absolute Gasteiger partial charge is 0.290 e. The fourth-order valence-electron chi connectivity index (χ4n) is 4.44. The Balaban J connectivity index is 0.000000755. The van der Waals surface area contributed by atoms with Gasteiger partial charge >= 0.3 is 0 Å². The summed E-state index contributed by atoms with van der Waals surface area (Å²) in [4.78, 5) is 10.9. The highest BCUT2D eigenvalue weighted by Gasteiger charge is 2.37. The van der Waals surface area contributed by atoms with Crippen molar-refractivity contribution in [1.29, 1.82) is 0 Å². The van der Waals surface area contributed by atoms with Crippen LogP contribution in [0.4, 0.5) is 8.78 Å². The van der Waals surface area contributed by atoms with Crippen LogP contribution in [0.3, 0.4) is 0 Å². The van der Waals surface area contributed by atoms with Gasteiger partial charge in [-0.15, -0.1) is 0 Å². The van der Waals surface area contributed by atoms with Crippen molar-refractivity contribution >= 4 is 6.47 Å². The lowest BCUT2D eigenvalue weighted by Crippen LogP contribution is -2.59. The third-order valence-corrected chi connectivity index (χ3v) is 6.05. The molecule has 29 heavy (non-hydrogen) atoms. The molecule has 3 aliphatic heterocycles. The number of rotatable bonds is 4. The van der Waals surface area contributed by atoms with Crippen molar-refractivity contribution in [3.63, 3.8) is 0 Å². The number of fused-ring (bicyclic) bond motifs is 3. The molecule has 0 aliphatic carbocycles. The van der Waals surface area contributed by atoms with Crippen LogP contribution in [0.5, 0.6) is 0 Å². The lowest BCUT2D eigenvalue weighted by Gasteiger charge is -2.48. The van der Waals surface area contributed by atoms with Crippen LogP contribution in [0.2, 0.25) is 0 Å². The van der Waals surface area contributed by atoms with Gasteiger partial charge in [-0.25, -0.2) is 8.78 Å². The van der Waals surface area contributed by atoms with E-state index in [9.17, 15) is 8.78 Å². The van der Waals surface area contributed by atoms with Crippen molar-refractivity contribution in [2.24, 2.45) is 5.92 Å². The van der Waals surface area contributed by atoms with E-state index in [1.807, 2.05) is 6.07 Å². The van der Waals surface area contributed by atoms with E-state index >= 15 is 0 Å². The fourth-order valence-corrected chi connectivity index (χ4v) is 4.44. The zero-order chi connectivity index (χ0) is 21.0. The second-order valence-corrected chi connectivity index (χ2v) is 8.32. The zero-order valence-electron chi connectivity index (χ0n) is 16.9. The first-order valence-electron chi connectivity index (χ1n) is 9.98. The maximum atomic E-state index is 14.8. The molecule has 5 rings (SSSR count). The predicted molar refractivity (Wildman–Crippen MR) is 110 cm³/mol. The molecule has 3 saturated heterocycles. The summed E-state index contributed by atoms with van der Waals surface area (Å²) in [6.45, 7) is 7.51. The summed E-state index contributed by atoms with van der Waals surface area (Å²) in [5, 5.41) is 10.7. The van der Waals surface area contributed by atoms with Crippen LogP contribution in [0, 0.1) is 17.6 Å². The van der Waals surface area contributed by atoms with E-state index < -0.39 is 0 Å². The summed E-state index contributed by atoms with van der Waals surface area (Å²) in [5.74, 6) is 0.147. The molecule has 0 amide bonds. The van der Waals surface area contributed by atoms with Crippen molar-refractivity contribution < 1.29 is 18.7 Å². The third-order valence-electron chi connectivity index (χ3n) is 6.05. The lowest BCUT2D eigenvalue weighted by molar-refractivity contribution is -0.122. The predicted octanol–water partition coefficient (Wildman–Crippen LogP) is 4.25. The molecule has 4 nitrogen and oxygen atoms in total. The Hall–Kier alpha value is -2.31. The average Bonchev–Trinajstić information content (AvgIpc) is 2.70. The van der Waals surface area contributed by atoms with Gasteiger partial charge in [-0.05, 0) is 75.0 Å². The van der Waals surface area contributed by atoms with Gasteiger partial charge in [0.1, 0.15) is 11.6 Å². The Kier molecular flexibility index (Phi) is 6.65. The lowest BCUT2D eigenvalue weighted by atomic mass is 9.81. The number of nitrogens with zero attached hydrogens (tertiary/aromatic N) is 1. The van der Waals surface area contributed by atoms with Crippen molar-refractivity contribution in [1.82, 2.24) is 10.2 Å². The molecular formula is C23H28F2N2O2. The summed E-state index contributed by atoms with van der Waals surface area (Å²) < 4.78 is 27.9. The van der Waals surface area contributed by atoms with Gasteiger partial charge in [0.25, 0.3) is 6.47 Å². The van der Waals surface area contributed by atoms with Gasteiger partial charge in [0.2, 0.25) is 0 Å². The number of hydrogen-bond acceptors (Lipinski definition) is 3. The molecule has 156 valence electrons. The minimum atomic E-state index is -0.311. The van der Waals surface area contributed by atoms with E-state index in [-0.39, 0.29) is 23.6 Å². The molecule has 0 spiro atoms. The summed E-state index contributed by atoms with van der Waals surface area (Å²) in [6.07, 6.45) is 2.51. The molecule has 6 heteroatoms. The molecule has 0 saturated carbocycles. The standard InChI is InChI=1S/C22H26F2N2.CH2O2/c1-22(2,25-21-14-26-11-9-16(21)10-12-26)17-5-8-19(20(24)13-17)15-3-6-18(23)7-4-15;2-1-3/h3-8,13,16,21,25H,9-12,14H2,1-2H3;1H,(H,2,3). The number of nitrogens with one attached hydrogen (secondary N) is 1. The molecule has 0 aromatic heterocycles. The SMILES string of the molecule is CC(C)(NC1CN2CCC1CC2)c1ccc(-c2ccc(F)cc2)c(F)c1.O=CO. The molecule has 3 fully saturated rings. The van der Waals surface area contributed by atoms with Crippen molar-refractivity contribution in [2.75, 3.05) is 19.6 Å². The molecule has 2 bridgehead atoms. The van der Waals surface area contributed by atoms with E-state index in [2.05, 4.69) is 24.1 Å². The van der Waals surface area contributed by atoms with Gasteiger partial charge in [0.05, 0.1) is 0 Å². The van der Waals surface area contributed by atoms with Gasteiger partial charge in [0.15, 0.2) is 0 Å². The Morgan fingerprint density at radius 2 is 1.72 bits per heavy atom. The summed E-state index contributed by atoms with van der Waals surface area (Å²) in [6, 6.07) is 11.8. The summed E-state index contributed by atoms with van der Waals surface area (Å²) in [7, 11) is 0. The van der Waals surface area contributed by atoms with E-state index in [1.165, 1.54) is 38.1 Å². The Morgan fingerprint density at radius 3 is 2.24 bits per heavy atom. The first kappa shape index (κ1) is 21.4. The number of benzene rings is 2. The molecule has 1 unspecified atom stereocenters. The van der Waals surface area contributed by atoms with Gasteiger partial charge in [-0.3, -0.25) is 4.79 Å². The van der Waals surface area contributed by atoms with E-state index in [0.29, 0.717) is 17.2 Å². The van der Waals surface area contributed by atoms with Crippen LogP contribution in [-0.4, -0.2) is 42.2 Å². The van der Waals surface area contributed by atoms with Gasteiger partial charge in [0, 0.05) is 23.7 Å². The first-order valence-corrected chi connectivity index (χ1v) is 9.98. The molecule has 1 atom stereocenters. The molecular weight excluding hydrogens is 374 g/mol. The largest absolute Gasteiger partial charge is 0.483 e. The summed E-state index contributed by atoms with van der Waals surface area (Å²) >= 11 is 0. The van der Waals surface area contributed by atoms with Crippen LogP contribution in [-0.2, 0) is 10.3 Å². The number of hydrogen-bond donors (Lipinski definition) is 2. The molecule has 2 N–H and O–H groups in total. The highest BCUT2D eigenvalue weighted by atomic mass is 19.1. The minimum absolute atomic E-state index is 0.250. The van der Waals surface area contributed by atoms with E-state index in [4.69, 9.17) is 9.90 Å². The van der Waals surface area contributed by atoms with Crippen LogP contribution >= 0.6 is 0 Å². The minimum Gasteiger partial charge on any atom is -0.483 e. The van der Waals surface area contributed by atoms with Crippen LogP contribution in [0.15, 0.2) is 42.5 Å².